The third-order valence-electron chi connectivity index (χ3n) is 3.75. The Labute approximate surface area is 106 Å². The molecule has 2 aromatic rings. The number of benzene rings is 1. The molecule has 4 heteroatoms. The van der Waals surface area contributed by atoms with E-state index in [0.29, 0.717) is 6.54 Å². The van der Waals surface area contributed by atoms with Crippen molar-refractivity contribution in [1.29, 1.82) is 0 Å². The number of hydrogen-bond acceptors (Lipinski definition) is 2. The molecule has 0 unspecified atom stereocenters. The van der Waals surface area contributed by atoms with Gasteiger partial charge in [-0.25, -0.2) is 4.98 Å². The maximum atomic E-state index is 6.01. The first-order chi connectivity index (χ1) is 8.20. The summed E-state index contributed by atoms with van der Waals surface area (Å²) in [5.74, 6) is 1.14. The number of aromatic nitrogens is 2. The number of halogens is 1. The van der Waals surface area contributed by atoms with Crippen molar-refractivity contribution in [2.75, 3.05) is 6.54 Å². The molecule has 1 aromatic heterocycles. The second-order valence-electron chi connectivity index (χ2n) is 4.80. The highest BCUT2D eigenvalue weighted by molar-refractivity contribution is 6.31. The summed E-state index contributed by atoms with van der Waals surface area (Å²) in [7, 11) is 0. The van der Waals surface area contributed by atoms with Crippen LogP contribution in [0.15, 0.2) is 18.2 Å². The van der Waals surface area contributed by atoms with Gasteiger partial charge in [-0.3, -0.25) is 0 Å². The summed E-state index contributed by atoms with van der Waals surface area (Å²) in [4.78, 5) is 4.75. The second-order valence-corrected chi connectivity index (χ2v) is 5.23. The predicted octanol–water partition coefficient (Wildman–Crippen LogP) is 2.70. The van der Waals surface area contributed by atoms with Crippen LogP contribution in [0.2, 0.25) is 5.02 Å². The Morgan fingerprint density at radius 1 is 1.47 bits per heavy atom. The average molecular weight is 250 g/mol. The average Bonchev–Trinajstić information content (AvgIpc) is 3.04. The van der Waals surface area contributed by atoms with Crippen LogP contribution >= 0.6 is 11.6 Å². The number of imidazole rings is 1. The highest BCUT2D eigenvalue weighted by atomic mass is 35.5. The lowest BCUT2D eigenvalue weighted by Gasteiger charge is -2.13. The number of rotatable bonds is 3. The Bertz CT molecular complexity index is 569. The molecule has 1 aromatic carbocycles. The first-order valence-electron chi connectivity index (χ1n) is 6.06. The van der Waals surface area contributed by atoms with Crippen molar-refractivity contribution in [1.82, 2.24) is 9.55 Å². The van der Waals surface area contributed by atoms with Gasteiger partial charge in [0, 0.05) is 23.5 Å². The molecular weight excluding hydrogens is 234 g/mol. The third kappa shape index (κ3) is 1.57. The lowest BCUT2D eigenvalue weighted by molar-refractivity contribution is 0.593. The fourth-order valence-corrected chi connectivity index (χ4v) is 2.66. The van der Waals surface area contributed by atoms with Crippen molar-refractivity contribution in [2.45, 2.75) is 31.7 Å². The summed E-state index contributed by atoms with van der Waals surface area (Å²) in [5.41, 5.74) is 8.16. The molecule has 1 aliphatic rings. The topological polar surface area (TPSA) is 43.8 Å². The van der Waals surface area contributed by atoms with Gasteiger partial charge in [-0.05, 0) is 38.0 Å². The van der Waals surface area contributed by atoms with Crippen LogP contribution in [-0.2, 0) is 12.0 Å². The summed E-state index contributed by atoms with van der Waals surface area (Å²) in [5, 5.41) is 0.738. The molecule has 1 heterocycles. The molecule has 1 saturated carbocycles. The maximum Gasteiger partial charge on any atom is 0.117 e. The lowest BCUT2D eigenvalue weighted by Crippen LogP contribution is -2.24. The van der Waals surface area contributed by atoms with Gasteiger partial charge in [0.2, 0.25) is 0 Å². The smallest absolute Gasteiger partial charge is 0.117 e. The molecule has 0 saturated heterocycles. The minimum atomic E-state index is 0.126. The molecular formula is C13H16ClN3. The van der Waals surface area contributed by atoms with E-state index < -0.39 is 0 Å². The van der Waals surface area contributed by atoms with Crippen LogP contribution in [0.3, 0.4) is 0 Å². The molecule has 3 nitrogen and oxygen atoms in total. The molecule has 0 aliphatic heterocycles. The van der Waals surface area contributed by atoms with Crippen LogP contribution in [0, 0.1) is 0 Å². The minimum Gasteiger partial charge on any atom is -0.329 e. The van der Waals surface area contributed by atoms with E-state index in [1.165, 1.54) is 0 Å². The summed E-state index contributed by atoms with van der Waals surface area (Å²) in [6.07, 6.45) is 2.31. The largest absolute Gasteiger partial charge is 0.329 e. The fourth-order valence-electron chi connectivity index (χ4n) is 2.50. The van der Waals surface area contributed by atoms with Gasteiger partial charge in [0.05, 0.1) is 11.0 Å². The van der Waals surface area contributed by atoms with Crippen LogP contribution < -0.4 is 5.73 Å². The first kappa shape index (κ1) is 11.1. The molecule has 90 valence electrons. The molecule has 0 spiro atoms. The Balaban J connectivity index is 2.24. The van der Waals surface area contributed by atoms with E-state index in [0.717, 1.165) is 41.3 Å². The van der Waals surface area contributed by atoms with E-state index in [1.54, 1.807) is 0 Å². The second kappa shape index (κ2) is 3.72. The Kier molecular flexibility index (Phi) is 2.42. The Morgan fingerprint density at radius 3 is 2.82 bits per heavy atom. The molecule has 0 bridgehead atoms. The highest BCUT2D eigenvalue weighted by Gasteiger charge is 2.46. The van der Waals surface area contributed by atoms with E-state index in [2.05, 4.69) is 11.5 Å². The van der Waals surface area contributed by atoms with Crippen LogP contribution in [0.25, 0.3) is 11.0 Å². The number of nitrogens with two attached hydrogens (primary N) is 1. The molecule has 0 atom stereocenters. The third-order valence-corrected chi connectivity index (χ3v) is 3.98. The van der Waals surface area contributed by atoms with Crippen LogP contribution in [0.1, 0.15) is 25.6 Å². The summed E-state index contributed by atoms with van der Waals surface area (Å²) in [6.45, 7) is 3.76. The van der Waals surface area contributed by atoms with Crippen LogP contribution in [0.5, 0.6) is 0 Å². The number of hydrogen-bond donors (Lipinski definition) is 1. The predicted molar refractivity (Wildman–Crippen MR) is 70.4 cm³/mol. The molecule has 0 radical (unpaired) electrons. The van der Waals surface area contributed by atoms with Gasteiger partial charge in [-0.2, -0.15) is 0 Å². The fraction of sp³-hybridized carbons (Fsp3) is 0.462. The molecule has 2 N–H and O–H groups in total. The lowest BCUT2D eigenvalue weighted by atomic mass is 10.1. The molecule has 3 rings (SSSR count). The van der Waals surface area contributed by atoms with Crippen LogP contribution in [-0.4, -0.2) is 16.1 Å². The van der Waals surface area contributed by atoms with Crippen molar-refractivity contribution in [3.63, 3.8) is 0 Å². The van der Waals surface area contributed by atoms with Gasteiger partial charge in [0.1, 0.15) is 5.82 Å². The first-order valence-corrected chi connectivity index (χ1v) is 6.44. The molecule has 1 aliphatic carbocycles. The zero-order valence-electron chi connectivity index (χ0n) is 9.91. The van der Waals surface area contributed by atoms with Crippen LogP contribution in [0.4, 0.5) is 0 Å². The Hall–Kier alpha value is -1.06. The van der Waals surface area contributed by atoms with Gasteiger partial charge in [-0.1, -0.05) is 11.6 Å². The normalized spacial score (nSPS) is 17.6. The number of nitrogens with zero attached hydrogens (tertiary/aromatic N) is 2. The minimum absolute atomic E-state index is 0.126. The molecule has 0 amide bonds. The standard InChI is InChI=1S/C13H16ClN3/c1-2-17-11-4-3-9(14)7-10(11)16-12(17)13(8-15)5-6-13/h3-4,7H,2,5-6,8,15H2,1H3. The number of fused-ring (bicyclic) bond motifs is 1. The zero-order valence-corrected chi connectivity index (χ0v) is 10.7. The van der Waals surface area contributed by atoms with Gasteiger partial charge in [-0.15, -0.1) is 0 Å². The maximum absolute atomic E-state index is 6.01. The van der Waals surface area contributed by atoms with Gasteiger partial charge in [0.25, 0.3) is 0 Å². The van der Waals surface area contributed by atoms with Gasteiger partial charge < -0.3 is 10.3 Å². The van der Waals surface area contributed by atoms with E-state index >= 15 is 0 Å². The van der Waals surface area contributed by atoms with Crippen molar-refractivity contribution >= 4 is 22.6 Å². The SMILES string of the molecule is CCn1c(C2(CN)CC2)nc2cc(Cl)ccc21. The van der Waals surface area contributed by atoms with E-state index in [4.69, 9.17) is 22.3 Å². The van der Waals surface area contributed by atoms with Gasteiger partial charge in [0.15, 0.2) is 0 Å². The van der Waals surface area contributed by atoms with Crippen molar-refractivity contribution in [3.05, 3.63) is 29.0 Å². The summed E-state index contributed by atoms with van der Waals surface area (Å²) in [6, 6.07) is 5.90. The van der Waals surface area contributed by atoms with Crippen molar-refractivity contribution < 1.29 is 0 Å². The highest BCUT2D eigenvalue weighted by Crippen LogP contribution is 2.47. The van der Waals surface area contributed by atoms with Gasteiger partial charge >= 0.3 is 0 Å². The molecule has 17 heavy (non-hydrogen) atoms. The monoisotopic (exact) mass is 249 g/mol. The van der Waals surface area contributed by atoms with E-state index in [-0.39, 0.29) is 5.41 Å². The number of aryl methyl sites for hydroxylation is 1. The zero-order chi connectivity index (χ0) is 12.0. The van der Waals surface area contributed by atoms with Crippen molar-refractivity contribution in [2.24, 2.45) is 5.73 Å². The van der Waals surface area contributed by atoms with E-state index in [1.807, 2.05) is 18.2 Å². The summed E-state index contributed by atoms with van der Waals surface area (Å²) < 4.78 is 2.27. The van der Waals surface area contributed by atoms with Crippen molar-refractivity contribution in [3.8, 4) is 0 Å². The molecule has 1 fully saturated rings. The quantitative estimate of drug-likeness (QED) is 0.909. The Morgan fingerprint density at radius 2 is 2.24 bits per heavy atom. The van der Waals surface area contributed by atoms with E-state index in [9.17, 15) is 0 Å². The summed E-state index contributed by atoms with van der Waals surface area (Å²) >= 11 is 6.01.